The summed E-state index contributed by atoms with van der Waals surface area (Å²) in [6.07, 6.45) is 7.00. The Morgan fingerprint density at radius 2 is 1.89 bits per heavy atom. The average molecular weight is 244 g/mol. The molecule has 0 fully saturated rings. The van der Waals surface area contributed by atoms with Gasteiger partial charge >= 0.3 is 0 Å². The van der Waals surface area contributed by atoms with E-state index in [-0.39, 0.29) is 5.56 Å². The summed E-state index contributed by atoms with van der Waals surface area (Å²) in [7, 11) is 0. The van der Waals surface area contributed by atoms with Gasteiger partial charge in [0.15, 0.2) is 0 Å². The minimum Gasteiger partial charge on any atom is -0.310 e. The summed E-state index contributed by atoms with van der Waals surface area (Å²) in [6, 6.07) is 7.49. The lowest BCUT2D eigenvalue weighted by atomic mass is 10.1. The van der Waals surface area contributed by atoms with Crippen molar-refractivity contribution >= 4 is 10.9 Å². The topological polar surface area (TPSA) is 45.8 Å². The number of H-pyrrole nitrogens is 1. The molecule has 0 saturated carbocycles. The SMILES string of the molecule is CCCCCCCc1nc2ccccc2c(=O)[nH]1. The number of unbranched alkanes of at least 4 members (excludes halogenated alkanes) is 4. The van der Waals surface area contributed by atoms with Crippen LogP contribution in [0, 0.1) is 0 Å². The molecule has 0 radical (unpaired) electrons. The van der Waals surface area contributed by atoms with Crippen LogP contribution in [-0.2, 0) is 6.42 Å². The Morgan fingerprint density at radius 3 is 2.72 bits per heavy atom. The molecule has 0 spiro atoms. The summed E-state index contributed by atoms with van der Waals surface area (Å²) in [4.78, 5) is 19.2. The quantitative estimate of drug-likeness (QED) is 0.791. The van der Waals surface area contributed by atoms with Crippen molar-refractivity contribution < 1.29 is 0 Å². The number of para-hydroxylation sites is 1. The number of nitrogens with one attached hydrogen (secondary N) is 1. The normalized spacial score (nSPS) is 10.9. The van der Waals surface area contributed by atoms with Crippen LogP contribution in [0.4, 0.5) is 0 Å². The summed E-state index contributed by atoms with van der Waals surface area (Å²) < 4.78 is 0. The molecule has 96 valence electrons. The van der Waals surface area contributed by atoms with E-state index in [0.717, 1.165) is 24.2 Å². The van der Waals surface area contributed by atoms with Crippen molar-refractivity contribution in [2.24, 2.45) is 0 Å². The van der Waals surface area contributed by atoms with Gasteiger partial charge in [-0.05, 0) is 18.6 Å². The van der Waals surface area contributed by atoms with Crippen molar-refractivity contribution in [3.05, 3.63) is 40.4 Å². The number of aryl methyl sites for hydroxylation is 1. The minimum absolute atomic E-state index is 0.0239. The lowest BCUT2D eigenvalue weighted by Gasteiger charge is -2.03. The Hall–Kier alpha value is -1.64. The highest BCUT2D eigenvalue weighted by Gasteiger charge is 2.02. The lowest BCUT2D eigenvalue weighted by molar-refractivity contribution is 0.623. The zero-order chi connectivity index (χ0) is 12.8. The fraction of sp³-hybridized carbons (Fsp3) is 0.467. The molecule has 3 nitrogen and oxygen atoms in total. The maximum atomic E-state index is 11.8. The Kier molecular flexibility index (Phi) is 4.51. The first kappa shape index (κ1) is 12.8. The van der Waals surface area contributed by atoms with E-state index < -0.39 is 0 Å². The molecule has 0 aliphatic heterocycles. The van der Waals surface area contributed by atoms with Gasteiger partial charge in [0, 0.05) is 6.42 Å². The van der Waals surface area contributed by atoms with Crippen molar-refractivity contribution in [2.75, 3.05) is 0 Å². The van der Waals surface area contributed by atoms with Crippen LogP contribution in [0.1, 0.15) is 44.9 Å². The van der Waals surface area contributed by atoms with Gasteiger partial charge < -0.3 is 4.98 Å². The van der Waals surface area contributed by atoms with Crippen LogP contribution in [0.25, 0.3) is 10.9 Å². The van der Waals surface area contributed by atoms with Crippen LogP contribution >= 0.6 is 0 Å². The first-order valence-corrected chi connectivity index (χ1v) is 6.79. The van der Waals surface area contributed by atoms with Crippen molar-refractivity contribution in [3.8, 4) is 0 Å². The van der Waals surface area contributed by atoms with Crippen LogP contribution in [0.5, 0.6) is 0 Å². The van der Waals surface area contributed by atoms with Crippen molar-refractivity contribution in [1.82, 2.24) is 9.97 Å². The third-order valence-corrected chi connectivity index (χ3v) is 3.18. The molecular formula is C15H20N2O. The maximum Gasteiger partial charge on any atom is 0.258 e. The molecule has 0 amide bonds. The molecule has 0 saturated heterocycles. The van der Waals surface area contributed by atoms with Gasteiger partial charge in [-0.15, -0.1) is 0 Å². The Bertz CT molecular complexity index is 560. The van der Waals surface area contributed by atoms with E-state index in [4.69, 9.17) is 0 Å². The first-order valence-electron chi connectivity index (χ1n) is 6.79. The van der Waals surface area contributed by atoms with Crippen LogP contribution < -0.4 is 5.56 Å². The second-order valence-electron chi connectivity index (χ2n) is 4.69. The lowest BCUT2D eigenvalue weighted by Crippen LogP contribution is -2.11. The second-order valence-corrected chi connectivity index (χ2v) is 4.69. The molecule has 18 heavy (non-hydrogen) atoms. The van der Waals surface area contributed by atoms with Gasteiger partial charge in [0.05, 0.1) is 10.9 Å². The summed E-state index contributed by atoms with van der Waals surface area (Å²) in [5.74, 6) is 0.815. The monoisotopic (exact) mass is 244 g/mol. The molecule has 0 aliphatic rings. The largest absolute Gasteiger partial charge is 0.310 e. The smallest absolute Gasteiger partial charge is 0.258 e. The van der Waals surface area contributed by atoms with Crippen molar-refractivity contribution in [1.29, 1.82) is 0 Å². The van der Waals surface area contributed by atoms with Gasteiger partial charge in [-0.25, -0.2) is 4.98 Å². The summed E-state index contributed by atoms with van der Waals surface area (Å²) >= 11 is 0. The highest BCUT2D eigenvalue weighted by molar-refractivity contribution is 5.77. The van der Waals surface area contributed by atoms with Gasteiger partial charge in [-0.1, -0.05) is 44.7 Å². The van der Waals surface area contributed by atoms with E-state index >= 15 is 0 Å². The molecule has 0 bridgehead atoms. The van der Waals surface area contributed by atoms with Gasteiger partial charge in [0.25, 0.3) is 5.56 Å². The maximum absolute atomic E-state index is 11.8. The number of fused-ring (bicyclic) bond motifs is 1. The third-order valence-electron chi connectivity index (χ3n) is 3.18. The molecule has 1 heterocycles. The molecule has 0 unspecified atom stereocenters. The van der Waals surface area contributed by atoms with E-state index in [1.165, 1.54) is 25.7 Å². The van der Waals surface area contributed by atoms with Crippen molar-refractivity contribution in [2.45, 2.75) is 45.4 Å². The molecule has 3 heteroatoms. The predicted molar refractivity (Wildman–Crippen MR) is 74.8 cm³/mol. The molecule has 0 atom stereocenters. The van der Waals surface area contributed by atoms with E-state index in [1.807, 2.05) is 24.3 Å². The fourth-order valence-electron chi connectivity index (χ4n) is 2.15. The molecule has 2 aromatic rings. The number of rotatable bonds is 6. The number of aromatic nitrogens is 2. The zero-order valence-corrected chi connectivity index (χ0v) is 10.9. The van der Waals surface area contributed by atoms with Crippen LogP contribution in [0.15, 0.2) is 29.1 Å². The number of benzene rings is 1. The molecular weight excluding hydrogens is 224 g/mol. The van der Waals surface area contributed by atoms with Crippen LogP contribution in [0.2, 0.25) is 0 Å². The zero-order valence-electron chi connectivity index (χ0n) is 10.9. The standard InChI is InChI=1S/C15H20N2O/c1-2-3-4-5-6-11-14-16-13-10-8-7-9-12(13)15(18)17-14/h7-10H,2-6,11H2,1H3,(H,16,17,18). The third kappa shape index (κ3) is 3.19. The number of nitrogens with zero attached hydrogens (tertiary/aromatic N) is 1. The number of hydrogen-bond acceptors (Lipinski definition) is 2. The van der Waals surface area contributed by atoms with Gasteiger partial charge in [-0.3, -0.25) is 4.79 Å². The summed E-state index contributed by atoms with van der Waals surface area (Å²) in [6.45, 7) is 2.21. The Balaban J connectivity index is 2.03. The van der Waals surface area contributed by atoms with E-state index in [9.17, 15) is 4.79 Å². The second kappa shape index (κ2) is 6.34. The molecule has 1 aromatic heterocycles. The van der Waals surface area contributed by atoms with Gasteiger partial charge in [0.1, 0.15) is 5.82 Å². The highest BCUT2D eigenvalue weighted by atomic mass is 16.1. The van der Waals surface area contributed by atoms with E-state index in [1.54, 1.807) is 0 Å². The van der Waals surface area contributed by atoms with Crippen LogP contribution in [0.3, 0.4) is 0 Å². The summed E-state index contributed by atoms with van der Waals surface area (Å²) in [5.41, 5.74) is 0.772. The minimum atomic E-state index is -0.0239. The average Bonchev–Trinajstić information content (AvgIpc) is 2.39. The van der Waals surface area contributed by atoms with E-state index in [2.05, 4.69) is 16.9 Å². The fourth-order valence-corrected chi connectivity index (χ4v) is 2.15. The molecule has 1 N–H and O–H groups in total. The highest BCUT2D eigenvalue weighted by Crippen LogP contribution is 2.09. The Labute approximate surface area is 107 Å². The van der Waals surface area contributed by atoms with Crippen LogP contribution in [-0.4, -0.2) is 9.97 Å². The molecule has 0 aliphatic carbocycles. The molecule has 2 rings (SSSR count). The number of aromatic amines is 1. The first-order chi connectivity index (χ1) is 8.81. The predicted octanol–water partition coefficient (Wildman–Crippen LogP) is 3.44. The molecule has 1 aromatic carbocycles. The summed E-state index contributed by atoms with van der Waals surface area (Å²) in [5, 5.41) is 0.673. The number of hydrogen-bond donors (Lipinski definition) is 1. The van der Waals surface area contributed by atoms with Gasteiger partial charge in [-0.2, -0.15) is 0 Å². The van der Waals surface area contributed by atoms with E-state index in [0.29, 0.717) is 5.39 Å². The van der Waals surface area contributed by atoms with Gasteiger partial charge in [0.2, 0.25) is 0 Å². The Morgan fingerprint density at radius 1 is 1.11 bits per heavy atom. The van der Waals surface area contributed by atoms with Crippen molar-refractivity contribution in [3.63, 3.8) is 0 Å².